The third-order valence-electron chi connectivity index (χ3n) is 3.95. The van der Waals surface area contributed by atoms with Gasteiger partial charge in [0.1, 0.15) is 6.04 Å². The summed E-state index contributed by atoms with van der Waals surface area (Å²) in [6.45, 7) is 0.568. The van der Waals surface area contributed by atoms with Gasteiger partial charge in [-0.2, -0.15) is 5.10 Å². The van der Waals surface area contributed by atoms with E-state index in [0.29, 0.717) is 24.4 Å². The Morgan fingerprint density at radius 1 is 1.30 bits per heavy atom. The fourth-order valence-corrected chi connectivity index (χ4v) is 2.49. The molecule has 6 heteroatoms. The summed E-state index contributed by atoms with van der Waals surface area (Å²) in [4.78, 5) is 23.4. The smallest absolute Gasteiger partial charge is 0.326 e. The highest BCUT2D eigenvalue weighted by atomic mass is 16.4. The van der Waals surface area contributed by atoms with E-state index >= 15 is 0 Å². The molecule has 6 nitrogen and oxygen atoms in total. The molecule has 1 aliphatic rings. The monoisotopic (exact) mass is 313 g/mol. The number of nitrogens with one attached hydrogen (secondary N) is 1. The lowest BCUT2D eigenvalue weighted by atomic mass is 10.1. The SMILES string of the molecule is O=C(NC(CC1CC1)C(=O)O)c1cnn(Cc2ccccc2)c1. The first kappa shape index (κ1) is 15.3. The Kier molecular flexibility index (Phi) is 4.41. The normalized spacial score (nSPS) is 15.1. The Morgan fingerprint density at radius 2 is 2.04 bits per heavy atom. The summed E-state index contributed by atoms with van der Waals surface area (Å²) in [5.41, 5.74) is 1.46. The van der Waals surface area contributed by atoms with Crippen molar-refractivity contribution in [3.05, 3.63) is 53.9 Å². The summed E-state index contributed by atoms with van der Waals surface area (Å²) >= 11 is 0. The maximum Gasteiger partial charge on any atom is 0.326 e. The predicted molar refractivity (Wildman–Crippen MR) is 84.0 cm³/mol. The van der Waals surface area contributed by atoms with Gasteiger partial charge in [0.05, 0.1) is 18.3 Å². The number of carboxylic acids is 1. The minimum absolute atomic E-state index is 0.378. The van der Waals surface area contributed by atoms with Gasteiger partial charge in [-0.25, -0.2) is 4.79 Å². The van der Waals surface area contributed by atoms with E-state index in [1.165, 1.54) is 6.20 Å². The number of carbonyl (C=O) groups excluding carboxylic acids is 1. The highest BCUT2D eigenvalue weighted by molar-refractivity contribution is 5.96. The molecule has 23 heavy (non-hydrogen) atoms. The molecule has 0 radical (unpaired) electrons. The molecule has 0 saturated heterocycles. The van der Waals surface area contributed by atoms with Crippen LogP contribution >= 0.6 is 0 Å². The van der Waals surface area contributed by atoms with Crippen LogP contribution < -0.4 is 5.32 Å². The van der Waals surface area contributed by atoms with Gasteiger partial charge in [-0.3, -0.25) is 9.48 Å². The Labute approximate surface area is 134 Å². The van der Waals surface area contributed by atoms with Crippen LogP contribution in [0.1, 0.15) is 35.2 Å². The molecule has 1 unspecified atom stereocenters. The number of nitrogens with zero attached hydrogens (tertiary/aromatic N) is 2. The second-order valence-electron chi connectivity index (χ2n) is 5.96. The molecule has 1 atom stereocenters. The van der Waals surface area contributed by atoms with Gasteiger partial charge >= 0.3 is 5.97 Å². The van der Waals surface area contributed by atoms with Crippen molar-refractivity contribution in [3.63, 3.8) is 0 Å². The van der Waals surface area contributed by atoms with Crippen LogP contribution in [0.3, 0.4) is 0 Å². The van der Waals surface area contributed by atoms with Crippen LogP contribution in [-0.4, -0.2) is 32.8 Å². The van der Waals surface area contributed by atoms with Crippen LogP contribution in [-0.2, 0) is 11.3 Å². The zero-order valence-electron chi connectivity index (χ0n) is 12.7. The summed E-state index contributed by atoms with van der Waals surface area (Å²) in [5, 5.41) is 16.0. The predicted octanol–water partition coefficient (Wildman–Crippen LogP) is 1.91. The summed E-state index contributed by atoms with van der Waals surface area (Å²) in [7, 11) is 0. The molecule has 0 aliphatic heterocycles. The molecule has 0 spiro atoms. The van der Waals surface area contributed by atoms with Gasteiger partial charge in [-0.05, 0) is 17.9 Å². The van der Waals surface area contributed by atoms with Crippen LogP contribution in [0, 0.1) is 5.92 Å². The van der Waals surface area contributed by atoms with Crippen LogP contribution in [0.4, 0.5) is 0 Å². The van der Waals surface area contributed by atoms with E-state index in [4.69, 9.17) is 0 Å². The summed E-state index contributed by atoms with van der Waals surface area (Å²) in [6, 6.07) is 8.98. The first-order valence-electron chi connectivity index (χ1n) is 7.72. The van der Waals surface area contributed by atoms with E-state index in [2.05, 4.69) is 10.4 Å². The third kappa shape index (κ3) is 4.18. The maximum atomic E-state index is 12.2. The number of rotatable bonds is 7. The van der Waals surface area contributed by atoms with Crippen LogP contribution in [0.15, 0.2) is 42.7 Å². The van der Waals surface area contributed by atoms with Gasteiger partial charge in [0.25, 0.3) is 5.91 Å². The number of hydrogen-bond acceptors (Lipinski definition) is 3. The highest BCUT2D eigenvalue weighted by Gasteiger charge is 2.30. The van der Waals surface area contributed by atoms with Crippen LogP contribution in [0.25, 0.3) is 0 Å². The standard InChI is InChI=1S/C17H19N3O3/c21-16(19-15(17(22)23)8-12-6-7-12)14-9-18-20(11-14)10-13-4-2-1-3-5-13/h1-5,9,11-12,15H,6-8,10H2,(H,19,21)(H,22,23). The summed E-state index contributed by atoms with van der Waals surface area (Å²) in [6.07, 6.45) is 5.70. The Balaban J connectivity index is 1.62. The fraction of sp³-hybridized carbons (Fsp3) is 0.353. The van der Waals surface area contributed by atoms with Crippen molar-refractivity contribution in [2.45, 2.75) is 31.8 Å². The number of carboxylic acid groups (broad SMARTS) is 1. The zero-order chi connectivity index (χ0) is 16.2. The van der Waals surface area contributed by atoms with Gasteiger partial charge in [0.15, 0.2) is 0 Å². The van der Waals surface area contributed by atoms with Crippen molar-refractivity contribution < 1.29 is 14.7 Å². The van der Waals surface area contributed by atoms with Crippen molar-refractivity contribution in [2.75, 3.05) is 0 Å². The second kappa shape index (κ2) is 6.64. The van der Waals surface area contributed by atoms with Crippen molar-refractivity contribution in [3.8, 4) is 0 Å². The molecule has 1 aliphatic carbocycles. The highest BCUT2D eigenvalue weighted by Crippen LogP contribution is 2.33. The van der Waals surface area contributed by atoms with Crippen molar-refractivity contribution in [1.29, 1.82) is 0 Å². The van der Waals surface area contributed by atoms with E-state index in [-0.39, 0.29) is 0 Å². The fourth-order valence-electron chi connectivity index (χ4n) is 2.49. The molecule has 0 bridgehead atoms. The topological polar surface area (TPSA) is 84.2 Å². The molecule has 1 saturated carbocycles. The van der Waals surface area contributed by atoms with Crippen molar-refractivity contribution >= 4 is 11.9 Å². The number of amides is 1. The molecular formula is C17H19N3O3. The largest absolute Gasteiger partial charge is 0.480 e. The average Bonchev–Trinajstić information content (AvgIpc) is 3.23. The molecule has 1 fully saturated rings. The molecule has 1 heterocycles. The molecule has 1 aromatic heterocycles. The molecule has 3 rings (SSSR count). The average molecular weight is 313 g/mol. The van der Waals surface area contributed by atoms with E-state index in [9.17, 15) is 14.7 Å². The molecular weight excluding hydrogens is 294 g/mol. The number of aliphatic carboxylic acids is 1. The molecule has 120 valence electrons. The second-order valence-corrected chi connectivity index (χ2v) is 5.96. The third-order valence-corrected chi connectivity index (χ3v) is 3.95. The first-order valence-corrected chi connectivity index (χ1v) is 7.72. The maximum absolute atomic E-state index is 12.2. The van der Waals surface area contributed by atoms with Gasteiger partial charge in [-0.1, -0.05) is 43.2 Å². The molecule has 2 aromatic rings. The van der Waals surface area contributed by atoms with E-state index in [0.717, 1.165) is 18.4 Å². The summed E-state index contributed by atoms with van der Waals surface area (Å²) < 4.78 is 1.67. The lowest BCUT2D eigenvalue weighted by molar-refractivity contribution is -0.139. The number of carbonyl (C=O) groups is 2. The van der Waals surface area contributed by atoms with E-state index in [1.807, 2.05) is 30.3 Å². The van der Waals surface area contributed by atoms with E-state index in [1.54, 1.807) is 10.9 Å². The lowest BCUT2D eigenvalue weighted by Gasteiger charge is -2.13. The van der Waals surface area contributed by atoms with Gasteiger partial charge in [0.2, 0.25) is 0 Å². The minimum atomic E-state index is -0.984. The Bertz CT molecular complexity index is 692. The van der Waals surface area contributed by atoms with Crippen LogP contribution in [0.5, 0.6) is 0 Å². The number of benzene rings is 1. The zero-order valence-corrected chi connectivity index (χ0v) is 12.7. The van der Waals surface area contributed by atoms with Crippen molar-refractivity contribution in [1.82, 2.24) is 15.1 Å². The van der Waals surface area contributed by atoms with E-state index < -0.39 is 17.9 Å². The molecule has 2 N–H and O–H groups in total. The lowest BCUT2D eigenvalue weighted by Crippen LogP contribution is -2.41. The minimum Gasteiger partial charge on any atom is -0.480 e. The first-order chi connectivity index (χ1) is 11.1. The molecule has 1 amide bonds. The van der Waals surface area contributed by atoms with Gasteiger partial charge in [-0.15, -0.1) is 0 Å². The number of hydrogen-bond donors (Lipinski definition) is 2. The summed E-state index contributed by atoms with van der Waals surface area (Å²) in [5.74, 6) is -0.948. The van der Waals surface area contributed by atoms with Gasteiger partial charge in [0, 0.05) is 6.20 Å². The quantitative estimate of drug-likeness (QED) is 0.818. The Hall–Kier alpha value is -2.63. The van der Waals surface area contributed by atoms with Gasteiger partial charge < -0.3 is 10.4 Å². The number of aromatic nitrogens is 2. The van der Waals surface area contributed by atoms with Crippen molar-refractivity contribution in [2.24, 2.45) is 5.92 Å². The molecule has 1 aromatic carbocycles. The van der Waals surface area contributed by atoms with Crippen LogP contribution in [0.2, 0.25) is 0 Å². The Morgan fingerprint density at radius 3 is 2.70 bits per heavy atom.